The van der Waals surface area contributed by atoms with Gasteiger partial charge in [-0.2, -0.15) is 0 Å². The van der Waals surface area contributed by atoms with Gasteiger partial charge in [-0.25, -0.2) is 0 Å². The smallest absolute Gasteiger partial charge is 0.310 e. The number of carbonyl (C=O) groups excluding carboxylic acids is 1. The molecule has 5 heteroatoms. The number of ether oxygens (including phenoxy) is 1. The standard InChI is InChI=1S/C15H21NO4/c17-14(16-8-9-4-2-1-3-5-9)12-10-6-7-11(20-10)13(12)15(18)19/h6-7,9-13H,1-5,8H2,(H,16,17)(H,18,19)/t10-,11+,12+,13-/m1/s1. The van der Waals surface area contributed by atoms with Gasteiger partial charge in [-0.05, 0) is 18.8 Å². The molecule has 0 radical (unpaired) electrons. The molecule has 0 spiro atoms. The summed E-state index contributed by atoms with van der Waals surface area (Å²) in [5.74, 6) is -1.88. The van der Waals surface area contributed by atoms with Crippen LogP contribution in [0.15, 0.2) is 12.2 Å². The van der Waals surface area contributed by atoms with Crippen LogP contribution >= 0.6 is 0 Å². The molecule has 2 fully saturated rings. The van der Waals surface area contributed by atoms with E-state index in [0.29, 0.717) is 12.5 Å². The number of hydrogen-bond acceptors (Lipinski definition) is 3. The third kappa shape index (κ3) is 2.46. The third-order valence-electron chi connectivity index (χ3n) is 4.78. The maximum Gasteiger partial charge on any atom is 0.310 e. The molecule has 0 aromatic rings. The Hall–Kier alpha value is -1.36. The van der Waals surface area contributed by atoms with Gasteiger partial charge >= 0.3 is 5.97 Å². The molecule has 1 aliphatic carbocycles. The highest BCUT2D eigenvalue weighted by atomic mass is 16.5. The molecule has 3 rings (SSSR count). The summed E-state index contributed by atoms with van der Waals surface area (Å²) in [7, 11) is 0. The Labute approximate surface area is 118 Å². The molecule has 1 saturated carbocycles. The van der Waals surface area contributed by atoms with E-state index < -0.39 is 23.9 Å². The Balaban J connectivity index is 1.58. The van der Waals surface area contributed by atoms with Crippen molar-refractivity contribution >= 4 is 11.9 Å². The highest BCUT2D eigenvalue weighted by molar-refractivity contribution is 5.87. The molecule has 2 heterocycles. The van der Waals surface area contributed by atoms with Crippen LogP contribution in [0.1, 0.15) is 32.1 Å². The Kier molecular flexibility index (Phi) is 3.78. The van der Waals surface area contributed by atoms with Gasteiger partial charge in [0, 0.05) is 6.54 Å². The Morgan fingerprint density at radius 2 is 1.75 bits per heavy atom. The fourth-order valence-corrected chi connectivity index (χ4v) is 3.67. The van der Waals surface area contributed by atoms with Gasteiger partial charge in [-0.1, -0.05) is 31.4 Å². The van der Waals surface area contributed by atoms with Crippen LogP contribution in [0.4, 0.5) is 0 Å². The molecule has 4 atom stereocenters. The number of carbonyl (C=O) groups is 2. The maximum atomic E-state index is 12.3. The summed E-state index contributed by atoms with van der Waals surface area (Å²) < 4.78 is 5.52. The van der Waals surface area contributed by atoms with Crippen molar-refractivity contribution in [2.75, 3.05) is 6.54 Å². The van der Waals surface area contributed by atoms with Crippen LogP contribution in [-0.4, -0.2) is 35.7 Å². The SMILES string of the molecule is O=C(NCC1CCCCC1)[C@@H]1[C@H](C(=O)O)[C@@H]2C=C[C@H]1O2. The van der Waals surface area contributed by atoms with Crippen LogP contribution in [0.25, 0.3) is 0 Å². The summed E-state index contributed by atoms with van der Waals surface area (Å²) in [6, 6.07) is 0. The van der Waals surface area contributed by atoms with E-state index in [1.165, 1.54) is 19.3 Å². The lowest BCUT2D eigenvalue weighted by Gasteiger charge is -2.25. The summed E-state index contributed by atoms with van der Waals surface area (Å²) >= 11 is 0. The first kappa shape index (κ1) is 13.6. The molecule has 3 aliphatic rings. The van der Waals surface area contributed by atoms with Gasteiger partial charge in [0.25, 0.3) is 0 Å². The number of amides is 1. The minimum atomic E-state index is -0.945. The molecule has 1 amide bonds. The first-order chi connectivity index (χ1) is 9.66. The van der Waals surface area contributed by atoms with Gasteiger partial charge in [0.05, 0.1) is 18.1 Å². The molecule has 110 valence electrons. The van der Waals surface area contributed by atoms with Gasteiger partial charge in [-0.3, -0.25) is 9.59 Å². The average Bonchev–Trinajstić information content (AvgIpc) is 3.06. The Morgan fingerprint density at radius 3 is 2.40 bits per heavy atom. The average molecular weight is 279 g/mol. The molecule has 5 nitrogen and oxygen atoms in total. The largest absolute Gasteiger partial charge is 0.481 e. The maximum absolute atomic E-state index is 12.3. The molecule has 2 aliphatic heterocycles. The molecular weight excluding hydrogens is 258 g/mol. The minimum absolute atomic E-state index is 0.167. The van der Waals surface area contributed by atoms with Crippen LogP contribution in [0.3, 0.4) is 0 Å². The monoisotopic (exact) mass is 279 g/mol. The normalized spacial score (nSPS) is 36.2. The number of rotatable bonds is 4. The van der Waals surface area contributed by atoms with E-state index in [9.17, 15) is 14.7 Å². The lowest BCUT2D eigenvalue weighted by molar-refractivity contribution is -0.146. The van der Waals surface area contributed by atoms with Crippen molar-refractivity contribution in [3.8, 4) is 0 Å². The molecule has 0 unspecified atom stereocenters. The van der Waals surface area contributed by atoms with Crippen LogP contribution in [0, 0.1) is 17.8 Å². The van der Waals surface area contributed by atoms with E-state index in [4.69, 9.17) is 4.74 Å². The summed E-state index contributed by atoms with van der Waals surface area (Å²) in [5.41, 5.74) is 0. The van der Waals surface area contributed by atoms with Crippen molar-refractivity contribution in [1.82, 2.24) is 5.32 Å². The first-order valence-electron chi connectivity index (χ1n) is 7.51. The lowest BCUT2D eigenvalue weighted by atomic mass is 9.82. The minimum Gasteiger partial charge on any atom is -0.481 e. The van der Waals surface area contributed by atoms with Gasteiger partial charge in [0.1, 0.15) is 5.92 Å². The van der Waals surface area contributed by atoms with Crippen molar-refractivity contribution in [3.63, 3.8) is 0 Å². The molecule has 1 saturated heterocycles. The third-order valence-corrected chi connectivity index (χ3v) is 4.78. The van der Waals surface area contributed by atoms with Crippen molar-refractivity contribution in [3.05, 3.63) is 12.2 Å². The van der Waals surface area contributed by atoms with Crippen molar-refractivity contribution in [1.29, 1.82) is 0 Å². The molecule has 2 N–H and O–H groups in total. The number of carboxylic acid groups (broad SMARTS) is 1. The zero-order valence-electron chi connectivity index (χ0n) is 11.5. The topological polar surface area (TPSA) is 75.6 Å². The van der Waals surface area contributed by atoms with Crippen molar-refractivity contribution < 1.29 is 19.4 Å². The van der Waals surface area contributed by atoms with E-state index in [1.54, 1.807) is 6.08 Å². The van der Waals surface area contributed by atoms with Crippen LogP contribution in [0.5, 0.6) is 0 Å². The van der Waals surface area contributed by atoms with Gasteiger partial charge in [0.15, 0.2) is 0 Å². The second-order valence-electron chi connectivity index (χ2n) is 6.09. The molecular formula is C15H21NO4. The van der Waals surface area contributed by atoms with E-state index >= 15 is 0 Å². The number of hydrogen-bond donors (Lipinski definition) is 2. The van der Waals surface area contributed by atoms with Crippen LogP contribution in [0.2, 0.25) is 0 Å². The molecule has 0 aromatic heterocycles. The first-order valence-corrected chi connectivity index (χ1v) is 7.51. The highest BCUT2D eigenvalue weighted by Gasteiger charge is 2.53. The van der Waals surface area contributed by atoms with E-state index in [0.717, 1.165) is 12.8 Å². The van der Waals surface area contributed by atoms with Crippen LogP contribution in [-0.2, 0) is 14.3 Å². The molecule has 2 bridgehead atoms. The number of fused-ring (bicyclic) bond motifs is 2. The summed E-state index contributed by atoms with van der Waals surface area (Å²) in [6.07, 6.45) is 8.84. The zero-order chi connectivity index (χ0) is 14.1. The molecule has 20 heavy (non-hydrogen) atoms. The Morgan fingerprint density at radius 1 is 1.10 bits per heavy atom. The van der Waals surface area contributed by atoms with Crippen molar-refractivity contribution in [2.45, 2.75) is 44.3 Å². The second kappa shape index (κ2) is 5.56. The quantitative estimate of drug-likeness (QED) is 0.761. The zero-order valence-corrected chi connectivity index (χ0v) is 11.5. The number of carboxylic acids is 1. The summed E-state index contributed by atoms with van der Waals surface area (Å²) in [6.45, 7) is 0.669. The van der Waals surface area contributed by atoms with Gasteiger partial charge < -0.3 is 15.2 Å². The van der Waals surface area contributed by atoms with E-state index in [-0.39, 0.29) is 12.0 Å². The summed E-state index contributed by atoms with van der Waals surface area (Å²) in [4.78, 5) is 23.6. The lowest BCUT2D eigenvalue weighted by Crippen LogP contribution is -2.43. The fraction of sp³-hybridized carbons (Fsp3) is 0.733. The van der Waals surface area contributed by atoms with Gasteiger partial charge in [-0.15, -0.1) is 0 Å². The predicted octanol–water partition coefficient (Wildman–Crippen LogP) is 1.34. The Bertz CT molecular complexity index is 428. The van der Waals surface area contributed by atoms with Crippen molar-refractivity contribution in [2.24, 2.45) is 17.8 Å². The summed E-state index contributed by atoms with van der Waals surface area (Å²) in [5, 5.41) is 12.2. The van der Waals surface area contributed by atoms with E-state index in [2.05, 4.69) is 5.32 Å². The number of nitrogens with one attached hydrogen (secondary N) is 1. The van der Waals surface area contributed by atoms with Gasteiger partial charge in [0.2, 0.25) is 5.91 Å². The number of aliphatic carboxylic acids is 1. The fourth-order valence-electron chi connectivity index (χ4n) is 3.67. The van der Waals surface area contributed by atoms with Crippen LogP contribution < -0.4 is 5.32 Å². The predicted molar refractivity (Wildman–Crippen MR) is 72.0 cm³/mol. The highest BCUT2D eigenvalue weighted by Crippen LogP contribution is 2.39. The second-order valence-corrected chi connectivity index (χ2v) is 6.09. The molecule has 0 aromatic carbocycles. The van der Waals surface area contributed by atoms with E-state index in [1.807, 2.05) is 6.08 Å².